The Balaban J connectivity index is 1.63. The number of fused-ring (bicyclic) bond motifs is 3. The first kappa shape index (κ1) is 14.9. The van der Waals surface area contributed by atoms with Crippen LogP contribution in [0, 0.1) is 5.92 Å². The van der Waals surface area contributed by atoms with Gasteiger partial charge in [0.05, 0.1) is 0 Å². The van der Waals surface area contributed by atoms with Crippen molar-refractivity contribution in [2.75, 3.05) is 6.54 Å². The lowest BCUT2D eigenvalue weighted by molar-refractivity contribution is 0.411. The normalized spacial score (nSPS) is 22.8. The third-order valence-electron chi connectivity index (χ3n) is 5.81. The Morgan fingerprint density at radius 1 is 0.920 bits per heavy atom. The number of allylic oxidation sites excluding steroid dienone is 1. The van der Waals surface area contributed by atoms with Crippen molar-refractivity contribution in [2.45, 2.75) is 25.3 Å². The average Bonchev–Trinajstić information content (AvgIpc) is 2.68. The fourth-order valence-electron chi connectivity index (χ4n) is 4.55. The van der Waals surface area contributed by atoms with Crippen molar-refractivity contribution >= 4 is 21.5 Å². The minimum absolute atomic E-state index is 0.568. The second-order valence-corrected chi connectivity index (χ2v) is 7.36. The van der Waals surface area contributed by atoms with E-state index in [2.05, 4.69) is 78.1 Å². The molecule has 0 saturated carbocycles. The van der Waals surface area contributed by atoms with E-state index in [9.17, 15) is 0 Å². The lowest BCUT2D eigenvalue weighted by Gasteiger charge is -2.32. The first-order chi connectivity index (χ1) is 12.4. The van der Waals surface area contributed by atoms with Crippen LogP contribution in [0.3, 0.4) is 0 Å². The number of hydrogen-bond donors (Lipinski definition) is 1. The summed E-state index contributed by atoms with van der Waals surface area (Å²) in [5.74, 6) is 0.568. The summed E-state index contributed by atoms with van der Waals surface area (Å²) >= 11 is 0. The molecule has 0 bridgehead atoms. The molecule has 124 valence electrons. The fraction of sp³-hybridized carbons (Fsp3) is 0.250. The van der Waals surface area contributed by atoms with Crippen molar-refractivity contribution in [1.29, 1.82) is 0 Å². The molecule has 1 aliphatic carbocycles. The van der Waals surface area contributed by atoms with Gasteiger partial charge in [-0.05, 0) is 52.4 Å². The minimum Gasteiger partial charge on any atom is -0.310 e. The van der Waals surface area contributed by atoms with Gasteiger partial charge in [0.2, 0.25) is 0 Å². The minimum atomic E-state index is 0.568. The lowest BCUT2D eigenvalue weighted by Crippen LogP contribution is -2.39. The Bertz CT molecular complexity index is 941. The topological polar surface area (TPSA) is 12.0 Å². The Morgan fingerprint density at radius 2 is 1.64 bits per heavy atom. The Kier molecular flexibility index (Phi) is 3.68. The van der Waals surface area contributed by atoms with Crippen LogP contribution >= 0.6 is 0 Å². The van der Waals surface area contributed by atoms with Crippen LogP contribution in [0.25, 0.3) is 21.5 Å². The Labute approximate surface area is 149 Å². The summed E-state index contributed by atoms with van der Waals surface area (Å²) in [6, 6.07) is 20.6. The molecule has 1 N–H and O–H groups in total. The van der Waals surface area contributed by atoms with Crippen LogP contribution in [0.2, 0.25) is 0 Å². The number of benzene rings is 3. The molecule has 3 aromatic rings. The van der Waals surface area contributed by atoms with Gasteiger partial charge in [0.15, 0.2) is 0 Å². The van der Waals surface area contributed by atoms with E-state index in [0.717, 1.165) is 13.0 Å². The predicted octanol–water partition coefficient (Wildman–Crippen LogP) is 5.40. The van der Waals surface area contributed by atoms with Gasteiger partial charge >= 0.3 is 0 Å². The molecule has 3 aromatic carbocycles. The molecule has 2 atom stereocenters. The first-order valence-corrected chi connectivity index (χ1v) is 9.37. The van der Waals surface area contributed by atoms with Crippen LogP contribution in [-0.4, -0.2) is 12.6 Å². The van der Waals surface area contributed by atoms with E-state index in [1.807, 2.05) is 0 Å². The molecule has 25 heavy (non-hydrogen) atoms. The van der Waals surface area contributed by atoms with Gasteiger partial charge < -0.3 is 5.32 Å². The molecule has 0 saturated heterocycles. The molecule has 2 aliphatic rings. The maximum absolute atomic E-state index is 3.63. The molecular formula is C24H23N. The van der Waals surface area contributed by atoms with Gasteiger partial charge in [-0.1, -0.05) is 72.3 Å². The summed E-state index contributed by atoms with van der Waals surface area (Å²) in [6.07, 6.45) is 10.7. The zero-order chi connectivity index (χ0) is 16.6. The summed E-state index contributed by atoms with van der Waals surface area (Å²) in [5, 5.41) is 9.14. The quantitative estimate of drug-likeness (QED) is 0.491. The van der Waals surface area contributed by atoms with Crippen LogP contribution in [-0.2, 0) is 6.42 Å². The third-order valence-corrected chi connectivity index (χ3v) is 5.81. The van der Waals surface area contributed by atoms with Gasteiger partial charge in [-0.25, -0.2) is 0 Å². The van der Waals surface area contributed by atoms with E-state index in [1.165, 1.54) is 39.9 Å². The lowest BCUT2D eigenvalue weighted by atomic mass is 9.81. The molecule has 0 aromatic heterocycles. The fourth-order valence-corrected chi connectivity index (χ4v) is 4.55. The maximum Gasteiger partial charge on any atom is 0.0171 e. The van der Waals surface area contributed by atoms with Crippen LogP contribution in [0.5, 0.6) is 0 Å². The Hall–Kier alpha value is -2.38. The molecular weight excluding hydrogens is 302 g/mol. The molecule has 0 amide bonds. The molecule has 1 nitrogen and oxygen atoms in total. The van der Waals surface area contributed by atoms with E-state index in [1.54, 1.807) is 5.57 Å². The van der Waals surface area contributed by atoms with Gasteiger partial charge in [-0.15, -0.1) is 0 Å². The summed E-state index contributed by atoms with van der Waals surface area (Å²) in [5.41, 5.74) is 3.09. The zero-order valence-corrected chi connectivity index (χ0v) is 14.4. The molecule has 2 unspecified atom stereocenters. The van der Waals surface area contributed by atoms with Crippen molar-refractivity contribution in [3.05, 3.63) is 84.0 Å². The van der Waals surface area contributed by atoms with Crippen LogP contribution in [0.4, 0.5) is 0 Å². The highest BCUT2D eigenvalue weighted by molar-refractivity contribution is 6.02. The first-order valence-electron chi connectivity index (χ1n) is 9.37. The van der Waals surface area contributed by atoms with E-state index >= 15 is 0 Å². The van der Waals surface area contributed by atoms with Crippen LogP contribution in [0.15, 0.2) is 78.4 Å². The van der Waals surface area contributed by atoms with Gasteiger partial charge in [0.1, 0.15) is 0 Å². The highest BCUT2D eigenvalue weighted by atomic mass is 14.9. The van der Waals surface area contributed by atoms with Gasteiger partial charge in [-0.3, -0.25) is 0 Å². The summed E-state index contributed by atoms with van der Waals surface area (Å²) in [4.78, 5) is 0. The van der Waals surface area contributed by atoms with Crippen molar-refractivity contribution in [3.8, 4) is 0 Å². The van der Waals surface area contributed by atoms with Crippen molar-refractivity contribution in [1.82, 2.24) is 5.32 Å². The summed E-state index contributed by atoms with van der Waals surface area (Å²) < 4.78 is 0. The van der Waals surface area contributed by atoms with E-state index in [-0.39, 0.29) is 0 Å². The standard InChI is InChI=1S/C24H23N/c1-3-9-21-18(6-1)16-19-7-2-4-10-22(19)23(21)15-17-11-12-24-20(14-17)8-5-13-25-24/h1-10,14,16,20,24-25H,11-13,15H2. The SMILES string of the molecule is C1=CC2C=C(Cc3c4ccccc4cc4ccccc34)CCC2NC1. The van der Waals surface area contributed by atoms with Crippen molar-refractivity contribution < 1.29 is 0 Å². The largest absolute Gasteiger partial charge is 0.310 e. The number of nitrogens with one attached hydrogen (secondary N) is 1. The third kappa shape index (κ3) is 2.69. The van der Waals surface area contributed by atoms with Crippen molar-refractivity contribution in [3.63, 3.8) is 0 Å². The molecule has 0 spiro atoms. The highest BCUT2D eigenvalue weighted by Crippen LogP contribution is 2.34. The highest BCUT2D eigenvalue weighted by Gasteiger charge is 2.24. The molecule has 1 heterocycles. The second-order valence-electron chi connectivity index (χ2n) is 7.36. The van der Waals surface area contributed by atoms with E-state index in [0.29, 0.717) is 12.0 Å². The zero-order valence-electron chi connectivity index (χ0n) is 14.4. The van der Waals surface area contributed by atoms with E-state index < -0.39 is 0 Å². The second kappa shape index (κ2) is 6.16. The summed E-state index contributed by atoms with van der Waals surface area (Å²) in [6.45, 7) is 1.03. The maximum atomic E-state index is 3.63. The van der Waals surface area contributed by atoms with Gasteiger partial charge in [-0.2, -0.15) is 0 Å². The number of rotatable bonds is 2. The smallest absolute Gasteiger partial charge is 0.0171 e. The van der Waals surface area contributed by atoms with E-state index in [4.69, 9.17) is 0 Å². The van der Waals surface area contributed by atoms with Gasteiger partial charge in [0.25, 0.3) is 0 Å². The Morgan fingerprint density at radius 3 is 2.40 bits per heavy atom. The molecule has 0 radical (unpaired) electrons. The number of hydrogen-bond acceptors (Lipinski definition) is 1. The van der Waals surface area contributed by atoms with Crippen LogP contribution < -0.4 is 5.32 Å². The molecule has 5 rings (SSSR count). The molecule has 1 aliphatic heterocycles. The monoisotopic (exact) mass is 325 g/mol. The summed E-state index contributed by atoms with van der Waals surface area (Å²) in [7, 11) is 0. The molecule has 0 fully saturated rings. The average molecular weight is 325 g/mol. The van der Waals surface area contributed by atoms with Crippen LogP contribution in [0.1, 0.15) is 18.4 Å². The predicted molar refractivity (Wildman–Crippen MR) is 107 cm³/mol. The van der Waals surface area contributed by atoms with Gasteiger partial charge in [0, 0.05) is 18.5 Å². The molecule has 1 heteroatoms. The van der Waals surface area contributed by atoms with Crippen molar-refractivity contribution in [2.24, 2.45) is 5.92 Å².